The Hall–Kier alpha value is -5.78. The Morgan fingerprint density at radius 1 is 0.452 bits per heavy atom. The summed E-state index contributed by atoms with van der Waals surface area (Å²) in [5.41, 5.74) is 20.9. The molecule has 2 amide bonds. The van der Waals surface area contributed by atoms with Crippen LogP contribution < -0.4 is 41.0 Å². The van der Waals surface area contributed by atoms with Gasteiger partial charge in [0.05, 0.1) is 26.4 Å². The van der Waals surface area contributed by atoms with Crippen molar-refractivity contribution < 1.29 is 38.0 Å². The number of carbonyl (C=O) groups is 2. The van der Waals surface area contributed by atoms with Crippen molar-refractivity contribution in [3.05, 3.63) is 93.0 Å². The lowest BCUT2D eigenvalue weighted by molar-refractivity contribution is 0.0624. The Bertz CT molecular complexity index is 2050. The minimum atomic E-state index is -0.720. The first kappa shape index (κ1) is 47.3. The molecule has 8 bridgehead atoms. The van der Waals surface area contributed by atoms with Gasteiger partial charge in [0.2, 0.25) is 0 Å². The molecule has 0 unspecified atom stereocenters. The largest absolute Gasteiger partial charge is 0.493 e. The maximum atomic E-state index is 13.4. The smallest absolute Gasteiger partial charge is 0.412 e. The summed E-state index contributed by atoms with van der Waals surface area (Å²) in [4.78, 5) is 26.7. The van der Waals surface area contributed by atoms with Crippen molar-refractivity contribution in [1.82, 2.24) is 0 Å². The van der Waals surface area contributed by atoms with E-state index in [1.807, 2.05) is 90.1 Å². The molecule has 1 aliphatic carbocycles. The lowest BCUT2D eigenvalue weighted by atomic mass is 9.90. The standard InChI is InChI=1S/C50H68N4O8/c1-11-15-57-43-31-19-32-24-40(52)26-34(44(32)58-16-12-2)21-36-28-42(54-48(56)62-50(8,9)10)30-38(46(36)60-18-14-4)22-37-29-41(53-47(55)61-49(5,6)7)27-35(45(37)59-17-13-3)20-33(43)25-39(51)23-31/h23-30H,11-22,51-52H2,1-10H3,(H,53,55)(H,54,56). The predicted molar refractivity (Wildman–Crippen MR) is 249 cm³/mol. The Morgan fingerprint density at radius 3 is 0.887 bits per heavy atom. The lowest BCUT2D eigenvalue weighted by Gasteiger charge is -2.25. The predicted octanol–water partition coefficient (Wildman–Crippen LogP) is 11.4. The van der Waals surface area contributed by atoms with Gasteiger partial charge < -0.3 is 39.9 Å². The quantitative estimate of drug-likeness (QED) is 0.0790. The van der Waals surface area contributed by atoms with Crippen LogP contribution >= 0.6 is 0 Å². The van der Waals surface area contributed by atoms with Gasteiger partial charge in [-0.05, 0) is 116 Å². The number of hydrogen-bond donors (Lipinski definition) is 4. The van der Waals surface area contributed by atoms with Gasteiger partial charge in [-0.25, -0.2) is 9.59 Å². The van der Waals surface area contributed by atoms with Gasteiger partial charge in [0.15, 0.2) is 0 Å². The van der Waals surface area contributed by atoms with Crippen LogP contribution in [-0.2, 0) is 35.2 Å². The molecular weight excluding hydrogens is 785 g/mol. The molecule has 0 aliphatic heterocycles. The highest BCUT2D eigenvalue weighted by Gasteiger charge is 2.26. The summed E-state index contributed by atoms with van der Waals surface area (Å²) >= 11 is 0. The molecule has 12 heteroatoms. The minimum absolute atomic E-state index is 0.300. The molecule has 1 aliphatic rings. The molecule has 0 saturated heterocycles. The first-order chi connectivity index (χ1) is 29.4. The van der Waals surface area contributed by atoms with Crippen LogP contribution in [0.15, 0.2) is 48.5 Å². The number of nitrogens with one attached hydrogen (secondary N) is 2. The molecule has 0 spiro atoms. The summed E-state index contributed by atoms with van der Waals surface area (Å²) in [5, 5.41) is 5.99. The van der Waals surface area contributed by atoms with Gasteiger partial charge in [0, 0.05) is 92.9 Å². The third-order valence-corrected chi connectivity index (χ3v) is 9.63. The molecule has 4 aromatic carbocycles. The maximum Gasteiger partial charge on any atom is 0.412 e. The number of carbonyl (C=O) groups excluding carboxylic acids is 2. The molecule has 0 radical (unpaired) electrons. The highest BCUT2D eigenvalue weighted by atomic mass is 16.6. The van der Waals surface area contributed by atoms with E-state index in [4.69, 9.17) is 39.9 Å². The summed E-state index contributed by atoms with van der Waals surface area (Å²) in [7, 11) is 0. The summed E-state index contributed by atoms with van der Waals surface area (Å²) in [6, 6.07) is 15.5. The molecule has 336 valence electrons. The van der Waals surface area contributed by atoms with E-state index in [2.05, 4.69) is 38.3 Å². The van der Waals surface area contributed by atoms with Crippen LogP contribution in [0.25, 0.3) is 0 Å². The van der Waals surface area contributed by atoms with Gasteiger partial charge >= 0.3 is 12.2 Å². The van der Waals surface area contributed by atoms with E-state index < -0.39 is 23.4 Å². The van der Waals surface area contributed by atoms with Gasteiger partial charge in [-0.2, -0.15) is 0 Å². The fourth-order valence-corrected chi connectivity index (χ4v) is 7.49. The molecule has 4 aromatic rings. The van der Waals surface area contributed by atoms with Crippen molar-refractivity contribution in [3.63, 3.8) is 0 Å². The van der Waals surface area contributed by atoms with E-state index in [1.54, 1.807) is 0 Å². The second-order valence-corrected chi connectivity index (χ2v) is 17.9. The molecule has 62 heavy (non-hydrogen) atoms. The number of hydrogen-bond acceptors (Lipinski definition) is 10. The van der Waals surface area contributed by atoms with Crippen LogP contribution in [0, 0.1) is 0 Å². The average molecular weight is 853 g/mol. The normalized spacial score (nSPS) is 12.5. The molecule has 0 saturated carbocycles. The highest BCUT2D eigenvalue weighted by molar-refractivity contribution is 5.87. The maximum absolute atomic E-state index is 13.4. The molecule has 6 N–H and O–H groups in total. The minimum Gasteiger partial charge on any atom is -0.493 e. The van der Waals surface area contributed by atoms with E-state index >= 15 is 0 Å². The first-order valence-corrected chi connectivity index (χ1v) is 22.0. The molecule has 0 heterocycles. The van der Waals surface area contributed by atoms with E-state index in [-0.39, 0.29) is 0 Å². The van der Waals surface area contributed by atoms with Gasteiger partial charge in [0.25, 0.3) is 0 Å². The number of rotatable bonds is 14. The van der Waals surface area contributed by atoms with Gasteiger partial charge in [-0.15, -0.1) is 0 Å². The Balaban J connectivity index is 1.89. The molecule has 5 rings (SSSR count). The monoisotopic (exact) mass is 853 g/mol. The summed E-state index contributed by atoms with van der Waals surface area (Å²) in [6.07, 6.45) is 3.39. The van der Waals surface area contributed by atoms with Crippen molar-refractivity contribution in [2.45, 2.75) is 132 Å². The molecular formula is C50H68N4O8. The van der Waals surface area contributed by atoms with Gasteiger partial charge in [-0.1, -0.05) is 27.7 Å². The topological polar surface area (TPSA) is 166 Å². The molecule has 0 aromatic heterocycles. The Morgan fingerprint density at radius 2 is 0.677 bits per heavy atom. The number of ether oxygens (including phenoxy) is 6. The Labute approximate surface area is 368 Å². The second-order valence-electron chi connectivity index (χ2n) is 17.9. The fraction of sp³-hybridized carbons (Fsp3) is 0.480. The zero-order valence-corrected chi connectivity index (χ0v) is 38.5. The summed E-state index contributed by atoms with van der Waals surface area (Å²) in [6.45, 7) is 21.1. The van der Waals surface area contributed by atoms with Crippen LogP contribution in [0.4, 0.5) is 32.3 Å². The number of nitrogens with two attached hydrogens (primary N) is 2. The summed E-state index contributed by atoms with van der Waals surface area (Å²) < 4.78 is 38.1. The third kappa shape index (κ3) is 13.1. The van der Waals surface area contributed by atoms with Crippen LogP contribution in [0.3, 0.4) is 0 Å². The highest BCUT2D eigenvalue weighted by Crippen LogP contribution is 2.42. The van der Waals surface area contributed by atoms with Crippen molar-refractivity contribution >= 4 is 34.9 Å². The van der Waals surface area contributed by atoms with Gasteiger partial charge in [0.1, 0.15) is 34.2 Å². The second kappa shape index (κ2) is 20.9. The number of amides is 2. The molecule has 0 atom stereocenters. The van der Waals surface area contributed by atoms with Crippen LogP contribution in [0.2, 0.25) is 0 Å². The molecule has 0 fully saturated rings. The zero-order valence-electron chi connectivity index (χ0n) is 38.5. The van der Waals surface area contributed by atoms with E-state index in [0.29, 0.717) is 86.4 Å². The van der Waals surface area contributed by atoms with Crippen LogP contribution in [0.5, 0.6) is 23.0 Å². The lowest BCUT2D eigenvalue weighted by Crippen LogP contribution is -2.27. The zero-order chi connectivity index (χ0) is 45.2. The Kier molecular flexibility index (Phi) is 15.9. The summed E-state index contributed by atoms with van der Waals surface area (Å²) in [5.74, 6) is 2.79. The van der Waals surface area contributed by atoms with Crippen molar-refractivity contribution in [3.8, 4) is 23.0 Å². The SMILES string of the molecule is CCCOc1c2cc(N)cc1Cc1cc(NC(=O)OC(C)(C)C)cc(c1OCCC)Cc1cc(NC(=O)OC(C)(C)C)cc(c1OCCC)Cc1cc(N)cc(c1OCCC)C2. The number of nitrogen functional groups attached to an aromatic ring is 2. The number of anilines is 4. The van der Waals surface area contributed by atoms with Crippen molar-refractivity contribution in [1.29, 1.82) is 0 Å². The number of fused-ring (bicyclic) bond motifs is 8. The van der Waals surface area contributed by atoms with E-state index in [0.717, 1.165) is 81.7 Å². The number of benzene rings is 4. The van der Waals surface area contributed by atoms with Crippen LogP contribution in [-0.4, -0.2) is 49.8 Å². The average Bonchev–Trinajstić information content (AvgIpc) is 3.15. The first-order valence-electron chi connectivity index (χ1n) is 22.0. The van der Waals surface area contributed by atoms with E-state index in [9.17, 15) is 9.59 Å². The third-order valence-electron chi connectivity index (χ3n) is 9.63. The van der Waals surface area contributed by atoms with Gasteiger partial charge in [-0.3, -0.25) is 10.6 Å². The molecule has 12 nitrogen and oxygen atoms in total. The van der Waals surface area contributed by atoms with Crippen LogP contribution in [0.1, 0.15) is 139 Å². The fourth-order valence-electron chi connectivity index (χ4n) is 7.49. The van der Waals surface area contributed by atoms with E-state index in [1.165, 1.54) is 0 Å². The van der Waals surface area contributed by atoms with Crippen molar-refractivity contribution in [2.75, 3.05) is 48.5 Å². The van der Waals surface area contributed by atoms with Crippen molar-refractivity contribution in [2.24, 2.45) is 0 Å².